The fraction of sp³-hybridized carbons (Fsp3) is 0.267. The smallest absolute Gasteiger partial charge is 0.316 e. The van der Waals surface area contributed by atoms with Crippen LogP contribution in [0.1, 0.15) is 10.7 Å². The normalized spacial score (nSPS) is 10.3. The predicted octanol–water partition coefficient (Wildman–Crippen LogP) is 3.52. The van der Waals surface area contributed by atoms with E-state index in [0.717, 1.165) is 10.7 Å². The number of rotatable bonds is 7. The molecule has 8 heteroatoms. The summed E-state index contributed by atoms with van der Waals surface area (Å²) in [6, 6.07) is 6.83. The van der Waals surface area contributed by atoms with Gasteiger partial charge in [0.25, 0.3) is 0 Å². The second kappa shape index (κ2) is 8.90. The van der Waals surface area contributed by atoms with Gasteiger partial charge in [-0.3, -0.25) is 9.59 Å². The maximum absolute atomic E-state index is 11.7. The van der Waals surface area contributed by atoms with Gasteiger partial charge in [0.1, 0.15) is 6.61 Å². The van der Waals surface area contributed by atoms with Crippen molar-refractivity contribution in [1.82, 2.24) is 4.98 Å². The molecule has 0 spiro atoms. The van der Waals surface area contributed by atoms with Crippen LogP contribution in [0.5, 0.6) is 0 Å². The van der Waals surface area contributed by atoms with Crippen LogP contribution >= 0.6 is 34.7 Å². The molecule has 0 saturated carbocycles. The number of carbonyl (C=O) groups excluding carboxylic acids is 2. The number of aromatic nitrogens is 1. The second-order valence-electron chi connectivity index (χ2n) is 4.57. The molecule has 1 amide bonds. The molecule has 0 bridgehead atoms. The summed E-state index contributed by atoms with van der Waals surface area (Å²) in [5, 5.41) is 6.12. The summed E-state index contributed by atoms with van der Waals surface area (Å²) >= 11 is 8.48. The lowest BCUT2D eigenvalue weighted by molar-refractivity contribution is -0.141. The number of thiazole rings is 1. The molecule has 0 fully saturated rings. The van der Waals surface area contributed by atoms with Gasteiger partial charge < -0.3 is 10.1 Å². The Hall–Kier alpha value is -1.57. The summed E-state index contributed by atoms with van der Waals surface area (Å²) < 4.78 is 5.09. The number of halogens is 1. The van der Waals surface area contributed by atoms with Gasteiger partial charge in [-0.15, -0.1) is 23.1 Å². The first-order chi connectivity index (χ1) is 11.0. The van der Waals surface area contributed by atoms with Crippen LogP contribution in [0.4, 0.5) is 5.69 Å². The number of nitrogens with zero attached hydrogens (tertiary/aromatic N) is 1. The van der Waals surface area contributed by atoms with E-state index in [0.29, 0.717) is 10.7 Å². The first-order valence-electron chi connectivity index (χ1n) is 6.73. The van der Waals surface area contributed by atoms with E-state index >= 15 is 0 Å². The van der Waals surface area contributed by atoms with Crippen LogP contribution in [0.25, 0.3) is 0 Å². The predicted molar refractivity (Wildman–Crippen MR) is 94.1 cm³/mol. The van der Waals surface area contributed by atoms with Crippen molar-refractivity contribution in [2.75, 3.05) is 16.8 Å². The van der Waals surface area contributed by atoms with Gasteiger partial charge >= 0.3 is 5.97 Å². The number of aryl methyl sites for hydroxylation is 1. The van der Waals surface area contributed by atoms with E-state index in [9.17, 15) is 9.59 Å². The van der Waals surface area contributed by atoms with Gasteiger partial charge in [-0.05, 0) is 31.2 Å². The number of nitrogens with one attached hydrogen (secondary N) is 1. The van der Waals surface area contributed by atoms with Gasteiger partial charge in [0.05, 0.1) is 22.2 Å². The van der Waals surface area contributed by atoms with Crippen LogP contribution in [0.2, 0.25) is 5.02 Å². The maximum atomic E-state index is 11.7. The molecule has 0 radical (unpaired) electrons. The van der Waals surface area contributed by atoms with Crippen LogP contribution in [-0.4, -0.2) is 28.4 Å². The Morgan fingerprint density at radius 1 is 1.30 bits per heavy atom. The first-order valence-corrected chi connectivity index (χ1v) is 9.14. The van der Waals surface area contributed by atoms with Crippen molar-refractivity contribution in [2.24, 2.45) is 0 Å². The number of amides is 1. The minimum atomic E-state index is -0.361. The molecule has 23 heavy (non-hydrogen) atoms. The Labute approximate surface area is 147 Å². The van der Waals surface area contributed by atoms with Gasteiger partial charge in [-0.1, -0.05) is 11.6 Å². The molecule has 0 atom stereocenters. The van der Waals surface area contributed by atoms with Crippen molar-refractivity contribution in [3.8, 4) is 0 Å². The number of anilines is 1. The molecule has 122 valence electrons. The van der Waals surface area contributed by atoms with Gasteiger partial charge in [-0.2, -0.15) is 0 Å². The van der Waals surface area contributed by atoms with Gasteiger partial charge in [0.15, 0.2) is 0 Å². The number of thioether (sulfide) groups is 1. The molecule has 0 aliphatic heterocycles. The van der Waals surface area contributed by atoms with E-state index in [-0.39, 0.29) is 30.0 Å². The van der Waals surface area contributed by atoms with Gasteiger partial charge in [0, 0.05) is 16.1 Å². The molecule has 5 nitrogen and oxygen atoms in total. The first kappa shape index (κ1) is 17.8. The van der Waals surface area contributed by atoms with E-state index < -0.39 is 0 Å². The van der Waals surface area contributed by atoms with E-state index in [4.69, 9.17) is 16.3 Å². The van der Waals surface area contributed by atoms with Gasteiger partial charge in [0.2, 0.25) is 5.91 Å². The van der Waals surface area contributed by atoms with Crippen molar-refractivity contribution < 1.29 is 14.3 Å². The molecule has 2 aromatic rings. The fourth-order valence-electron chi connectivity index (χ4n) is 1.63. The minimum absolute atomic E-state index is 0.122. The van der Waals surface area contributed by atoms with Crippen molar-refractivity contribution in [1.29, 1.82) is 0 Å². The molecule has 0 saturated heterocycles. The minimum Gasteiger partial charge on any atom is -0.459 e. The molecule has 1 aromatic carbocycles. The van der Waals surface area contributed by atoms with Crippen LogP contribution < -0.4 is 5.32 Å². The van der Waals surface area contributed by atoms with E-state index in [1.165, 1.54) is 23.1 Å². The summed E-state index contributed by atoms with van der Waals surface area (Å²) in [6.45, 7) is 2.06. The zero-order valence-electron chi connectivity index (χ0n) is 12.4. The Balaban J connectivity index is 1.62. The summed E-state index contributed by atoms with van der Waals surface area (Å²) in [4.78, 5) is 27.5. The Kier molecular flexibility index (Phi) is 6.88. The Morgan fingerprint density at radius 3 is 2.70 bits per heavy atom. The average Bonchev–Trinajstić information content (AvgIpc) is 2.93. The highest BCUT2D eigenvalue weighted by Gasteiger charge is 2.08. The lowest BCUT2D eigenvalue weighted by Crippen LogP contribution is -2.16. The van der Waals surface area contributed by atoms with Crippen molar-refractivity contribution in [3.05, 3.63) is 45.4 Å². The summed E-state index contributed by atoms with van der Waals surface area (Å²) in [7, 11) is 0. The van der Waals surface area contributed by atoms with Gasteiger partial charge in [-0.25, -0.2) is 4.98 Å². The third-order valence-electron chi connectivity index (χ3n) is 2.63. The number of carbonyl (C=O) groups is 2. The lowest BCUT2D eigenvalue weighted by Gasteiger charge is -2.05. The number of hydrogen-bond donors (Lipinski definition) is 1. The number of benzene rings is 1. The lowest BCUT2D eigenvalue weighted by atomic mass is 10.3. The Morgan fingerprint density at radius 2 is 2.04 bits per heavy atom. The van der Waals surface area contributed by atoms with Crippen molar-refractivity contribution in [3.63, 3.8) is 0 Å². The zero-order chi connectivity index (χ0) is 16.7. The topological polar surface area (TPSA) is 68.3 Å². The highest BCUT2D eigenvalue weighted by molar-refractivity contribution is 8.00. The molecule has 2 rings (SSSR count). The number of esters is 1. The van der Waals surface area contributed by atoms with Crippen molar-refractivity contribution in [2.45, 2.75) is 13.5 Å². The summed E-state index contributed by atoms with van der Waals surface area (Å²) in [6.07, 6.45) is 0. The molecule has 1 heterocycles. The fourth-order valence-corrected chi connectivity index (χ4v) is 2.96. The molecule has 0 aliphatic carbocycles. The SMILES string of the molecule is Cc1nc(COC(=O)CSCC(=O)Nc2ccc(Cl)cc2)cs1. The standard InChI is InChI=1S/C15H15ClN2O3S2/c1-10-17-13(7-23-10)6-21-15(20)9-22-8-14(19)18-12-4-2-11(16)3-5-12/h2-5,7H,6,8-9H2,1H3,(H,18,19). The zero-order valence-corrected chi connectivity index (χ0v) is 14.8. The quantitative estimate of drug-likeness (QED) is 0.755. The summed E-state index contributed by atoms with van der Waals surface area (Å²) in [5.74, 6) is -0.245. The second-order valence-corrected chi connectivity index (χ2v) is 7.05. The largest absolute Gasteiger partial charge is 0.459 e. The average molecular weight is 371 g/mol. The molecular formula is C15H15ClN2O3S2. The van der Waals surface area contributed by atoms with E-state index in [1.54, 1.807) is 24.3 Å². The van der Waals surface area contributed by atoms with Crippen LogP contribution in [0, 0.1) is 6.92 Å². The highest BCUT2D eigenvalue weighted by Crippen LogP contribution is 2.14. The monoisotopic (exact) mass is 370 g/mol. The molecule has 1 N–H and O–H groups in total. The molecule has 1 aromatic heterocycles. The van der Waals surface area contributed by atoms with E-state index in [1.807, 2.05) is 12.3 Å². The molecule has 0 aliphatic rings. The number of hydrogen-bond acceptors (Lipinski definition) is 6. The van der Waals surface area contributed by atoms with Crippen LogP contribution in [0.3, 0.4) is 0 Å². The van der Waals surface area contributed by atoms with Crippen LogP contribution in [0.15, 0.2) is 29.6 Å². The third kappa shape index (κ3) is 6.60. The van der Waals surface area contributed by atoms with Crippen LogP contribution in [-0.2, 0) is 20.9 Å². The Bertz CT molecular complexity index is 674. The molecular weight excluding hydrogens is 356 g/mol. The third-order valence-corrected chi connectivity index (χ3v) is 4.61. The highest BCUT2D eigenvalue weighted by atomic mass is 35.5. The summed E-state index contributed by atoms with van der Waals surface area (Å²) in [5.41, 5.74) is 1.41. The maximum Gasteiger partial charge on any atom is 0.316 e. The van der Waals surface area contributed by atoms with Crippen molar-refractivity contribution >= 4 is 52.3 Å². The van der Waals surface area contributed by atoms with E-state index in [2.05, 4.69) is 10.3 Å². The number of ether oxygens (including phenoxy) is 1. The molecule has 0 unspecified atom stereocenters.